The van der Waals surface area contributed by atoms with Crippen LogP contribution in [0.5, 0.6) is 0 Å². The summed E-state index contributed by atoms with van der Waals surface area (Å²) >= 11 is 0. The second kappa shape index (κ2) is 4.79. The van der Waals surface area contributed by atoms with Crippen LogP contribution in [0.2, 0.25) is 0 Å². The topological polar surface area (TPSA) is 46.9 Å². The Kier molecular flexibility index (Phi) is 3.68. The molecule has 1 aromatic rings. The molecule has 0 atom stereocenters. The Labute approximate surface area is 84.3 Å². The molecule has 0 aliphatic carbocycles. The summed E-state index contributed by atoms with van der Waals surface area (Å²) in [4.78, 5) is 15.3. The lowest BCUT2D eigenvalue weighted by Gasteiger charge is -2.08. The van der Waals surface area contributed by atoms with Crippen molar-refractivity contribution in [2.45, 2.75) is 39.8 Å². The van der Waals surface area contributed by atoms with Gasteiger partial charge in [0.05, 0.1) is 0 Å². The van der Waals surface area contributed by atoms with E-state index in [1.165, 1.54) is 0 Å². The third-order valence-corrected chi connectivity index (χ3v) is 1.89. The van der Waals surface area contributed by atoms with Crippen molar-refractivity contribution in [3.05, 3.63) is 18.2 Å². The molecular weight excluding hydrogens is 178 g/mol. The molecule has 0 fully saturated rings. The van der Waals surface area contributed by atoms with Crippen LogP contribution in [-0.4, -0.2) is 21.5 Å². The maximum absolute atomic E-state index is 11.3. The average Bonchev–Trinajstić information content (AvgIpc) is 2.46. The lowest BCUT2D eigenvalue weighted by atomic mass is 10.3. The first-order valence-corrected chi connectivity index (χ1v) is 4.78. The Morgan fingerprint density at radius 3 is 2.93 bits per heavy atom. The van der Waals surface area contributed by atoms with E-state index >= 15 is 0 Å². The molecule has 0 aromatic carbocycles. The van der Waals surface area contributed by atoms with Gasteiger partial charge >= 0.3 is 0 Å². The fourth-order valence-electron chi connectivity index (χ4n) is 1.19. The van der Waals surface area contributed by atoms with Crippen LogP contribution in [0.25, 0.3) is 0 Å². The maximum atomic E-state index is 11.3. The molecule has 0 saturated carbocycles. The minimum absolute atomic E-state index is 0.0769. The number of amides is 1. The largest absolute Gasteiger partial charge is 0.354 e. The number of carbonyl (C=O) groups is 1. The second-order valence-corrected chi connectivity index (χ2v) is 3.58. The second-order valence-electron chi connectivity index (χ2n) is 3.58. The molecule has 77 valence electrons. The number of nitrogens with one attached hydrogen (secondary N) is 1. The highest BCUT2D eigenvalue weighted by molar-refractivity contribution is 5.76. The third kappa shape index (κ3) is 3.20. The lowest BCUT2D eigenvalue weighted by molar-refractivity contribution is -0.121. The van der Waals surface area contributed by atoms with E-state index in [9.17, 15) is 4.79 Å². The zero-order valence-corrected chi connectivity index (χ0v) is 8.87. The van der Waals surface area contributed by atoms with E-state index in [0.29, 0.717) is 13.0 Å². The van der Waals surface area contributed by atoms with Crippen molar-refractivity contribution in [1.82, 2.24) is 14.9 Å². The summed E-state index contributed by atoms with van der Waals surface area (Å²) < 4.78 is 1.92. The fraction of sp³-hybridized carbons (Fsp3) is 0.600. The molecule has 1 rings (SSSR count). The molecule has 0 saturated heterocycles. The van der Waals surface area contributed by atoms with Crippen LogP contribution in [0.4, 0.5) is 0 Å². The van der Waals surface area contributed by atoms with E-state index < -0.39 is 0 Å². The first-order valence-electron chi connectivity index (χ1n) is 4.78. The molecule has 0 aliphatic heterocycles. The van der Waals surface area contributed by atoms with Crippen molar-refractivity contribution in [1.29, 1.82) is 0 Å². The van der Waals surface area contributed by atoms with Gasteiger partial charge in [0.1, 0.15) is 12.0 Å². The van der Waals surface area contributed by atoms with Crippen LogP contribution in [0.1, 0.15) is 26.1 Å². The van der Waals surface area contributed by atoms with Crippen molar-refractivity contribution in [3.8, 4) is 0 Å². The van der Waals surface area contributed by atoms with Gasteiger partial charge in [-0.05, 0) is 20.8 Å². The van der Waals surface area contributed by atoms with Crippen molar-refractivity contribution in [2.75, 3.05) is 0 Å². The summed E-state index contributed by atoms with van der Waals surface area (Å²) in [6.45, 7) is 6.47. The van der Waals surface area contributed by atoms with Crippen molar-refractivity contribution < 1.29 is 4.79 Å². The minimum Gasteiger partial charge on any atom is -0.354 e. The van der Waals surface area contributed by atoms with Gasteiger partial charge in [-0.25, -0.2) is 4.98 Å². The minimum atomic E-state index is 0.0769. The maximum Gasteiger partial charge on any atom is 0.221 e. The summed E-state index contributed by atoms with van der Waals surface area (Å²) in [5, 5.41) is 2.84. The van der Waals surface area contributed by atoms with E-state index in [4.69, 9.17) is 0 Å². The molecule has 1 heterocycles. The summed E-state index contributed by atoms with van der Waals surface area (Å²) in [6, 6.07) is 0.206. The van der Waals surface area contributed by atoms with Crippen LogP contribution < -0.4 is 5.32 Å². The zero-order chi connectivity index (χ0) is 10.6. The van der Waals surface area contributed by atoms with Gasteiger partial charge in [-0.15, -0.1) is 0 Å². The summed E-state index contributed by atoms with van der Waals surface area (Å²) in [5.41, 5.74) is 0. The zero-order valence-electron chi connectivity index (χ0n) is 8.87. The van der Waals surface area contributed by atoms with E-state index in [1.54, 1.807) is 6.20 Å². The molecule has 0 aliphatic rings. The van der Waals surface area contributed by atoms with Gasteiger partial charge in [-0.2, -0.15) is 0 Å². The smallest absolute Gasteiger partial charge is 0.221 e. The van der Waals surface area contributed by atoms with Crippen LogP contribution in [-0.2, 0) is 11.3 Å². The monoisotopic (exact) mass is 194 g/mol. The first-order chi connectivity index (χ1) is 6.59. The normalized spacial score (nSPS) is 10.6. The fourth-order valence-corrected chi connectivity index (χ4v) is 1.19. The average molecular weight is 194 g/mol. The van der Waals surface area contributed by atoms with Gasteiger partial charge in [0.25, 0.3) is 0 Å². The summed E-state index contributed by atoms with van der Waals surface area (Å²) in [6.07, 6.45) is 4.99. The van der Waals surface area contributed by atoms with Crippen molar-refractivity contribution in [2.24, 2.45) is 0 Å². The Balaban J connectivity index is 2.34. The quantitative estimate of drug-likeness (QED) is 0.774. The predicted molar refractivity (Wildman–Crippen MR) is 53.7 cm³/mol. The molecule has 1 aromatic heterocycles. The van der Waals surface area contributed by atoms with E-state index in [1.807, 2.05) is 25.3 Å². The number of hydrogen-bond acceptors (Lipinski definition) is 2. The Bertz CT molecular complexity index is 304. The SMILES string of the molecule is Cc1n[c]cn1CCC(=O)NC(C)C. The van der Waals surface area contributed by atoms with E-state index in [2.05, 4.69) is 16.5 Å². The molecule has 1 amide bonds. The highest BCUT2D eigenvalue weighted by Crippen LogP contribution is 1.96. The van der Waals surface area contributed by atoms with Crippen molar-refractivity contribution in [3.63, 3.8) is 0 Å². The molecule has 4 heteroatoms. The van der Waals surface area contributed by atoms with Crippen LogP contribution >= 0.6 is 0 Å². The number of nitrogens with zero attached hydrogens (tertiary/aromatic N) is 2. The number of aryl methyl sites for hydroxylation is 2. The van der Waals surface area contributed by atoms with E-state index in [-0.39, 0.29) is 11.9 Å². The van der Waals surface area contributed by atoms with Gasteiger partial charge in [0, 0.05) is 25.2 Å². The third-order valence-electron chi connectivity index (χ3n) is 1.89. The number of aromatic nitrogens is 2. The Hall–Kier alpha value is -1.32. The molecular formula is C10H16N3O. The van der Waals surface area contributed by atoms with Crippen molar-refractivity contribution >= 4 is 5.91 Å². The van der Waals surface area contributed by atoms with Gasteiger partial charge < -0.3 is 9.88 Å². The predicted octanol–water partition coefficient (Wildman–Crippen LogP) is 0.906. The lowest BCUT2D eigenvalue weighted by Crippen LogP contribution is -2.30. The molecule has 4 nitrogen and oxygen atoms in total. The Morgan fingerprint density at radius 2 is 2.43 bits per heavy atom. The van der Waals surface area contributed by atoms with Crippen LogP contribution in [0.3, 0.4) is 0 Å². The molecule has 0 spiro atoms. The molecule has 1 N–H and O–H groups in total. The van der Waals surface area contributed by atoms with Gasteiger partial charge in [-0.1, -0.05) is 0 Å². The molecule has 1 radical (unpaired) electrons. The van der Waals surface area contributed by atoms with Crippen LogP contribution in [0, 0.1) is 13.1 Å². The number of rotatable bonds is 4. The van der Waals surface area contributed by atoms with Gasteiger partial charge in [0.15, 0.2) is 0 Å². The highest BCUT2D eigenvalue weighted by atomic mass is 16.1. The number of hydrogen-bond donors (Lipinski definition) is 1. The van der Waals surface area contributed by atoms with Gasteiger partial charge in [0.2, 0.25) is 5.91 Å². The molecule has 0 bridgehead atoms. The number of imidazole rings is 1. The first kappa shape index (κ1) is 10.8. The summed E-state index contributed by atoms with van der Waals surface area (Å²) in [5.74, 6) is 0.968. The highest BCUT2D eigenvalue weighted by Gasteiger charge is 2.04. The Morgan fingerprint density at radius 1 is 1.71 bits per heavy atom. The number of carbonyl (C=O) groups excluding carboxylic acids is 1. The standard InChI is InChI=1S/C10H16N3O/c1-8(2)12-10(14)4-6-13-7-5-11-9(13)3/h7-8H,4,6H2,1-3H3,(H,12,14). The summed E-state index contributed by atoms with van der Waals surface area (Å²) in [7, 11) is 0. The molecule has 14 heavy (non-hydrogen) atoms. The van der Waals surface area contributed by atoms with Crippen LogP contribution in [0.15, 0.2) is 6.20 Å². The van der Waals surface area contributed by atoms with E-state index in [0.717, 1.165) is 5.82 Å². The van der Waals surface area contributed by atoms with Gasteiger partial charge in [-0.3, -0.25) is 4.79 Å². The molecule has 0 unspecified atom stereocenters.